The number of rotatable bonds is 3. The molecule has 1 aliphatic heterocycles. The van der Waals surface area contributed by atoms with E-state index in [-0.39, 0.29) is 23.1 Å². The number of esters is 1. The quantitative estimate of drug-likeness (QED) is 0.796. The van der Waals surface area contributed by atoms with Crippen LogP contribution in [0.5, 0.6) is 0 Å². The third-order valence-corrected chi connectivity index (χ3v) is 4.00. The maximum atomic E-state index is 12.0. The molecule has 1 aromatic carbocycles. The summed E-state index contributed by atoms with van der Waals surface area (Å²) in [6.45, 7) is 1.20. The molecule has 21 heavy (non-hydrogen) atoms. The number of ether oxygens (including phenoxy) is 1. The Labute approximate surface area is 134 Å². The van der Waals surface area contributed by atoms with E-state index in [1.165, 1.54) is 12.1 Å². The molecule has 114 valence electrons. The van der Waals surface area contributed by atoms with Gasteiger partial charge in [-0.25, -0.2) is 4.79 Å². The second-order valence-electron chi connectivity index (χ2n) is 5.00. The molecule has 1 aliphatic rings. The van der Waals surface area contributed by atoms with E-state index in [2.05, 4.69) is 0 Å². The molecule has 1 heterocycles. The topological polar surface area (TPSA) is 46.6 Å². The van der Waals surface area contributed by atoms with E-state index < -0.39 is 5.97 Å². The first-order chi connectivity index (χ1) is 10.1. The number of hydrogen-bond acceptors (Lipinski definition) is 3. The largest absolute Gasteiger partial charge is 0.452 e. The predicted octanol–water partition coefficient (Wildman–Crippen LogP) is 3.55. The second-order valence-corrected chi connectivity index (χ2v) is 5.84. The molecule has 0 bridgehead atoms. The first-order valence-corrected chi connectivity index (χ1v) is 7.73. The highest BCUT2D eigenvalue weighted by molar-refractivity contribution is 6.35. The van der Waals surface area contributed by atoms with Gasteiger partial charge in [-0.05, 0) is 31.0 Å². The zero-order chi connectivity index (χ0) is 15.2. The maximum Gasteiger partial charge on any atom is 0.340 e. The Morgan fingerprint density at radius 1 is 1.10 bits per heavy atom. The normalized spacial score (nSPS) is 15.4. The molecule has 2 rings (SSSR count). The van der Waals surface area contributed by atoms with Gasteiger partial charge in [0.1, 0.15) is 0 Å². The molecule has 1 saturated heterocycles. The third kappa shape index (κ3) is 4.61. The van der Waals surface area contributed by atoms with Gasteiger partial charge in [0.2, 0.25) is 0 Å². The first-order valence-electron chi connectivity index (χ1n) is 6.98. The molecule has 4 nitrogen and oxygen atoms in total. The van der Waals surface area contributed by atoms with Crippen molar-refractivity contribution in [2.24, 2.45) is 0 Å². The smallest absolute Gasteiger partial charge is 0.340 e. The van der Waals surface area contributed by atoms with Gasteiger partial charge in [-0.2, -0.15) is 0 Å². The van der Waals surface area contributed by atoms with Gasteiger partial charge < -0.3 is 9.64 Å². The van der Waals surface area contributed by atoms with Crippen molar-refractivity contribution >= 4 is 35.1 Å². The molecule has 0 unspecified atom stereocenters. The van der Waals surface area contributed by atoms with Gasteiger partial charge in [0.25, 0.3) is 5.91 Å². The number of hydrogen-bond donors (Lipinski definition) is 0. The maximum absolute atomic E-state index is 12.0. The summed E-state index contributed by atoms with van der Waals surface area (Å²) in [4.78, 5) is 25.7. The summed E-state index contributed by atoms with van der Waals surface area (Å²) in [5.74, 6) is -0.797. The van der Waals surface area contributed by atoms with Crippen LogP contribution in [-0.2, 0) is 9.53 Å². The highest BCUT2D eigenvalue weighted by Gasteiger charge is 2.19. The number of likely N-dealkylation sites (tertiary alicyclic amines) is 1. The van der Waals surface area contributed by atoms with Gasteiger partial charge >= 0.3 is 5.97 Å². The third-order valence-electron chi connectivity index (χ3n) is 3.43. The number of carbonyl (C=O) groups is 2. The van der Waals surface area contributed by atoms with Crippen LogP contribution in [0.15, 0.2) is 18.2 Å². The summed E-state index contributed by atoms with van der Waals surface area (Å²) in [6.07, 6.45) is 4.28. The van der Waals surface area contributed by atoms with Crippen molar-refractivity contribution in [3.63, 3.8) is 0 Å². The van der Waals surface area contributed by atoms with E-state index in [0.29, 0.717) is 5.02 Å². The monoisotopic (exact) mass is 329 g/mol. The molecular formula is C15H17Cl2NO3. The summed E-state index contributed by atoms with van der Waals surface area (Å²) in [5, 5.41) is 0.650. The summed E-state index contributed by atoms with van der Waals surface area (Å²) in [7, 11) is 0. The lowest BCUT2D eigenvalue weighted by Crippen LogP contribution is -2.35. The molecule has 0 spiro atoms. The molecule has 0 saturated carbocycles. The molecule has 0 radical (unpaired) electrons. The zero-order valence-corrected chi connectivity index (χ0v) is 13.1. The molecule has 0 aromatic heterocycles. The van der Waals surface area contributed by atoms with Gasteiger partial charge in [-0.15, -0.1) is 0 Å². The van der Waals surface area contributed by atoms with Crippen LogP contribution in [0.25, 0.3) is 0 Å². The van der Waals surface area contributed by atoms with Crippen molar-refractivity contribution in [1.82, 2.24) is 4.90 Å². The minimum atomic E-state index is -0.634. The van der Waals surface area contributed by atoms with E-state index in [9.17, 15) is 9.59 Å². The Kier molecular flexibility index (Phi) is 5.88. The van der Waals surface area contributed by atoms with Crippen molar-refractivity contribution in [1.29, 1.82) is 0 Å². The Balaban J connectivity index is 1.91. The lowest BCUT2D eigenvalue weighted by Gasteiger charge is -2.20. The molecular weight excluding hydrogens is 313 g/mol. The molecule has 0 atom stereocenters. The van der Waals surface area contributed by atoms with Gasteiger partial charge in [-0.1, -0.05) is 36.0 Å². The average Bonchev–Trinajstić information content (AvgIpc) is 2.76. The van der Waals surface area contributed by atoms with Crippen LogP contribution < -0.4 is 0 Å². The lowest BCUT2D eigenvalue weighted by molar-refractivity contribution is -0.134. The molecule has 0 N–H and O–H groups in total. The standard InChI is InChI=1S/C15H17Cl2NO3/c16-11-5-6-13(17)12(9-11)15(20)21-10-14(19)18-7-3-1-2-4-8-18/h5-6,9H,1-4,7-8,10H2. The van der Waals surface area contributed by atoms with Crippen LogP contribution in [0, 0.1) is 0 Å². The fraction of sp³-hybridized carbons (Fsp3) is 0.467. The Hall–Kier alpha value is -1.26. The van der Waals surface area contributed by atoms with E-state index in [0.717, 1.165) is 38.8 Å². The molecule has 1 fully saturated rings. The number of amides is 1. The molecule has 1 aromatic rings. The van der Waals surface area contributed by atoms with Crippen molar-refractivity contribution in [3.8, 4) is 0 Å². The van der Waals surface area contributed by atoms with Crippen molar-refractivity contribution in [3.05, 3.63) is 33.8 Å². The summed E-state index contributed by atoms with van der Waals surface area (Å²) < 4.78 is 5.05. The summed E-state index contributed by atoms with van der Waals surface area (Å²) in [5.41, 5.74) is 0.174. The minimum Gasteiger partial charge on any atom is -0.452 e. The van der Waals surface area contributed by atoms with Gasteiger partial charge in [0, 0.05) is 18.1 Å². The molecule has 1 amide bonds. The van der Waals surface area contributed by atoms with Crippen molar-refractivity contribution in [2.45, 2.75) is 25.7 Å². The average molecular weight is 330 g/mol. The van der Waals surface area contributed by atoms with Gasteiger partial charge in [0.05, 0.1) is 10.6 Å². The fourth-order valence-electron chi connectivity index (χ4n) is 2.27. The van der Waals surface area contributed by atoms with E-state index in [1.807, 2.05) is 0 Å². The number of halogens is 2. The summed E-state index contributed by atoms with van der Waals surface area (Å²) in [6, 6.07) is 4.54. The van der Waals surface area contributed by atoms with Crippen LogP contribution in [0.1, 0.15) is 36.0 Å². The number of carbonyl (C=O) groups excluding carboxylic acids is 2. The Bertz CT molecular complexity index is 526. The first kappa shape index (κ1) is 16.1. The van der Waals surface area contributed by atoms with E-state index in [4.69, 9.17) is 27.9 Å². The zero-order valence-electron chi connectivity index (χ0n) is 11.6. The van der Waals surface area contributed by atoms with Crippen LogP contribution >= 0.6 is 23.2 Å². The predicted molar refractivity (Wildman–Crippen MR) is 81.8 cm³/mol. The van der Waals surface area contributed by atoms with E-state index >= 15 is 0 Å². The van der Waals surface area contributed by atoms with Crippen LogP contribution in [0.4, 0.5) is 0 Å². The highest BCUT2D eigenvalue weighted by Crippen LogP contribution is 2.21. The van der Waals surface area contributed by atoms with Crippen LogP contribution in [0.2, 0.25) is 10.0 Å². The number of nitrogens with zero attached hydrogens (tertiary/aromatic N) is 1. The summed E-state index contributed by atoms with van der Waals surface area (Å²) >= 11 is 11.7. The molecule has 6 heteroatoms. The lowest BCUT2D eigenvalue weighted by atomic mass is 10.2. The second kappa shape index (κ2) is 7.66. The van der Waals surface area contributed by atoms with Crippen molar-refractivity contribution < 1.29 is 14.3 Å². The van der Waals surface area contributed by atoms with Crippen LogP contribution in [0.3, 0.4) is 0 Å². The van der Waals surface area contributed by atoms with Gasteiger partial charge in [0.15, 0.2) is 6.61 Å². The van der Waals surface area contributed by atoms with Gasteiger partial charge in [-0.3, -0.25) is 4.79 Å². The highest BCUT2D eigenvalue weighted by atomic mass is 35.5. The van der Waals surface area contributed by atoms with Crippen LogP contribution in [-0.4, -0.2) is 36.5 Å². The Morgan fingerprint density at radius 3 is 2.43 bits per heavy atom. The minimum absolute atomic E-state index is 0.164. The molecule has 0 aliphatic carbocycles. The number of benzene rings is 1. The SMILES string of the molecule is O=C(OCC(=O)N1CCCCCC1)c1cc(Cl)ccc1Cl. The fourth-order valence-corrected chi connectivity index (χ4v) is 2.64. The Morgan fingerprint density at radius 2 is 1.76 bits per heavy atom. The van der Waals surface area contributed by atoms with E-state index in [1.54, 1.807) is 11.0 Å². The van der Waals surface area contributed by atoms with Crippen molar-refractivity contribution in [2.75, 3.05) is 19.7 Å².